The Morgan fingerprint density at radius 2 is 2.00 bits per heavy atom. The number of ketones is 1. The van der Waals surface area contributed by atoms with Gasteiger partial charge in [-0.25, -0.2) is 4.79 Å². The summed E-state index contributed by atoms with van der Waals surface area (Å²) in [4.78, 5) is 27.0. The summed E-state index contributed by atoms with van der Waals surface area (Å²) in [7, 11) is 0. The molecule has 4 aliphatic heterocycles. The molecule has 1 aliphatic carbocycles. The van der Waals surface area contributed by atoms with E-state index in [1.54, 1.807) is 13.0 Å². The second-order valence-electron chi connectivity index (χ2n) is 16.0. The first kappa shape index (κ1) is 37.8. The van der Waals surface area contributed by atoms with E-state index < -0.39 is 48.0 Å². The molecule has 0 aromatic rings. The minimum absolute atomic E-state index is 0.0716. The van der Waals surface area contributed by atoms with Crippen molar-refractivity contribution < 1.29 is 39.3 Å². The summed E-state index contributed by atoms with van der Waals surface area (Å²) in [6, 6.07) is 0. The van der Waals surface area contributed by atoms with Gasteiger partial charge in [0.15, 0.2) is 0 Å². The smallest absolute Gasteiger partial charge is 0.333 e. The highest BCUT2D eigenvalue weighted by atomic mass is 16.6. The molecule has 274 valence electrons. The zero-order chi connectivity index (χ0) is 34.6. The molecule has 5 aliphatic rings. The molecule has 5 rings (SSSR count). The average Bonchev–Trinajstić information content (AvgIpc) is 3.06. The molecule has 0 spiro atoms. The van der Waals surface area contributed by atoms with Gasteiger partial charge >= 0.3 is 5.97 Å². The monoisotopic (exact) mass is 677 g/mol. The van der Waals surface area contributed by atoms with Gasteiger partial charge in [-0.15, -0.1) is 0 Å². The summed E-state index contributed by atoms with van der Waals surface area (Å²) in [6.45, 7) is 9.48. The van der Waals surface area contributed by atoms with Crippen LogP contribution in [0.5, 0.6) is 0 Å². The highest BCUT2D eigenvalue weighted by Crippen LogP contribution is 2.52. The van der Waals surface area contributed by atoms with Gasteiger partial charge in [0.1, 0.15) is 23.7 Å². The number of nitrogens with two attached hydrogens (primary N) is 3. The van der Waals surface area contributed by atoms with Crippen molar-refractivity contribution in [2.45, 2.75) is 153 Å². The third-order valence-corrected chi connectivity index (χ3v) is 12.6. The maximum Gasteiger partial charge on any atom is 0.333 e. The highest BCUT2D eigenvalue weighted by Gasteiger charge is 2.62. The number of hydrogen-bond acceptors (Lipinski definition) is 10. The number of hydrogen-bond donors (Lipinski definition) is 6. The summed E-state index contributed by atoms with van der Waals surface area (Å²) < 4.78 is 20.2. The molecule has 5 fully saturated rings. The van der Waals surface area contributed by atoms with E-state index in [9.17, 15) is 19.8 Å². The van der Waals surface area contributed by atoms with Crippen LogP contribution in [0.3, 0.4) is 0 Å². The largest absolute Gasteiger partial charge is 0.456 e. The van der Waals surface area contributed by atoms with Crippen LogP contribution in [0.4, 0.5) is 0 Å². The van der Waals surface area contributed by atoms with Crippen LogP contribution in [0.15, 0.2) is 11.6 Å². The minimum Gasteiger partial charge on any atom is -0.456 e. The molecule has 14 atom stereocenters. The minimum atomic E-state index is -0.998. The van der Waals surface area contributed by atoms with Crippen LogP contribution >= 0.6 is 0 Å². The van der Waals surface area contributed by atoms with Crippen LogP contribution < -0.4 is 22.1 Å². The number of piperidine rings is 2. The number of esters is 1. The number of carbonyl (C=O) groups is 2. The van der Waals surface area contributed by atoms with Gasteiger partial charge < -0.3 is 40.8 Å². The van der Waals surface area contributed by atoms with E-state index in [1.807, 2.05) is 6.92 Å². The predicted octanol–water partition coefficient (Wildman–Crippen LogP) is 1.87. The van der Waals surface area contributed by atoms with Crippen molar-refractivity contribution in [1.29, 1.82) is 0 Å². The number of fused-ring (bicyclic) bond motifs is 2. The van der Waals surface area contributed by atoms with E-state index in [4.69, 9.17) is 25.7 Å². The Morgan fingerprint density at radius 3 is 2.67 bits per heavy atom. The highest BCUT2D eigenvalue weighted by molar-refractivity contribution is 5.87. The van der Waals surface area contributed by atoms with Gasteiger partial charge in [0.2, 0.25) is 0 Å². The van der Waals surface area contributed by atoms with Crippen LogP contribution in [0, 0.1) is 35.5 Å². The molecular weight excluding hydrogens is 612 g/mol. The third kappa shape index (κ3) is 8.53. The van der Waals surface area contributed by atoms with Crippen molar-refractivity contribution in [3.05, 3.63) is 11.6 Å². The van der Waals surface area contributed by atoms with E-state index in [-0.39, 0.29) is 43.0 Å². The molecular formula is C37H65N4O7+. The number of quaternary nitrogens is 1. The van der Waals surface area contributed by atoms with Gasteiger partial charge in [0.25, 0.3) is 0 Å². The second-order valence-corrected chi connectivity index (χ2v) is 16.0. The lowest BCUT2D eigenvalue weighted by Crippen LogP contribution is -2.95. The zero-order valence-electron chi connectivity index (χ0n) is 29.9. The normalized spacial score (nSPS) is 42.8. The summed E-state index contributed by atoms with van der Waals surface area (Å²) in [5.74, 6) is -0.585. The summed E-state index contributed by atoms with van der Waals surface area (Å²) in [5.41, 5.74) is 12.4. The fraction of sp³-hybridized carbons (Fsp3) is 0.892. The van der Waals surface area contributed by atoms with Crippen LogP contribution in [0.25, 0.3) is 0 Å². The third-order valence-electron chi connectivity index (χ3n) is 12.6. The Hall–Kier alpha value is -1.44. The fourth-order valence-electron chi connectivity index (χ4n) is 9.75. The lowest BCUT2D eigenvalue weighted by Gasteiger charge is -2.58. The van der Waals surface area contributed by atoms with Gasteiger partial charge in [-0.1, -0.05) is 32.3 Å². The molecule has 0 aromatic carbocycles. The SMILES string of the molecule is CC=C(C)C(=O)OC1CC2C(O)C3C(=O)CC(CO)OC3C(CC3CCNC(N)C3)C2OC1(C)CC(CCCCC)C1CCC(N)[NH2+]C1. The van der Waals surface area contributed by atoms with Crippen molar-refractivity contribution in [1.82, 2.24) is 5.32 Å². The topological polar surface area (TPSA) is 183 Å². The van der Waals surface area contributed by atoms with Crippen molar-refractivity contribution >= 4 is 11.8 Å². The standard InChI is InChI=1S/C37H64N4O7/c1-5-7-8-9-23(24-10-11-30(38)41-19-24)18-37(4)29(47-36(45)21(3)6-2)17-26-33(44)32-28(43)16-25(20-42)46-35(32)27(34(26)48-37)14-22-12-13-40-31(39)15-22/h6,22-27,29-35,40-42,44H,5,7-20,38-39H2,1-4H3/p+1. The van der Waals surface area contributed by atoms with Crippen LogP contribution in [-0.4, -0.2) is 90.1 Å². The number of ether oxygens (including phenoxy) is 3. The molecule has 1 saturated carbocycles. The number of Topliss-reactive ketones (excluding diaryl/α,β-unsaturated/α-hetero) is 1. The number of aliphatic hydroxyl groups is 2. The molecule has 9 N–H and O–H groups in total. The summed E-state index contributed by atoms with van der Waals surface area (Å²) in [6.07, 6.45) is 8.97. The second kappa shape index (κ2) is 16.7. The Morgan fingerprint density at radius 1 is 1.21 bits per heavy atom. The Balaban J connectivity index is 1.50. The molecule has 0 amide bonds. The quantitative estimate of drug-likeness (QED) is 0.101. The molecule has 0 bridgehead atoms. The number of carbonyl (C=O) groups excluding carboxylic acids is 2. The Bertz CT molecular complexity index is 1120. The molecule has 11 heteroatoms. The van der Waals surface area contributed by atoms with Gasteiger partial charge in [0.05, 0.1) is 49.7 Å². The van der Waals surface area contributed by atoms with E-state index in [2.05, 4.69) is 24.5 Å². The van der Waals surface area contributed by atoms with Crippen LogP contribution in [0.1, 0.15) is 105 Å². The number of nitrogens with one attached hydrogen (secondary N) is 1. The van der Waals surface area contributed by atoms with Gasteiger partial charge in [-0.3, -0.25) is 10.5 Å². The number of rotatable bonds is 12. The van der Waals surface area contributed by atoms with Gasteiger partial charge in [-0.05, 0) is 84.1 Å². The molecule has 0 aromatic heterocycles. The first-order chi connectivity index (χ1) is 23.0. The van der Waals surface area contributed by atoms with Gasteiger partial charge in [0, 0.05) is 36.2 Å². The lowest BCUT2D eigenvalue weighted by molar-refractivity contribution is -0.704. The summed E-state index contributed by atoms with van der Waals surface area (Å²) >= 11 is 0. The van der Waals surface area contributed by atoms with E-state index >= 15 is 0 Å². The predicted molar refractivity (Wildman–Crippen MR) is 182 cm³/mol. The van der Waals surface area contributed by atoms with E-state index in [0.717, 1.165) is 70.9 Å². The molecule has 11 nitrogen and oxygen atoms in total. The number of allylic oxidation sites excluding steroid dienone is 1. The maximum atomic E-state index is 13.6. The molecule has 0 radical (unpaired) electrons. The number of aliphatic hydroxyl groups excluding tert-OH is 2. The zero-order valence-corrected chi connectivity index (χ0v) is 29.9. The molecule has 48 heavy (non-hydrogen) atoms. The van der Waals surface area contributed by atoms with Crippen LogP contribution in [0.2, 0.25) is 0 Å². The van der Waals surface area contributed by atoms with Crippen LogP contribution in [-0.2, 0) is 23.8 Å². The van der Waals surface area contributed by atoms with Crippen molar-refractivity contribution in [3.8, 4) is 0 Å². The first-order valence-corrected chi connectivity index (χ1v) is 19.0. The van der Waals surface area contributed by atoms with Crippen molar-refractivity contribution in [3.63, 3.8) is 0 Å². The average molecular weight is 678 g/mol. The summed E-state index contributed by atoms with van der Waals surface area (Å²) in [5, 5.41) is 27.7. The van der Waals surface area contributed by atoms with Crippen molar-refractivity contribution in [2.24, 2.45) is 47.0 Å². The lowest BCUT2D eigenvalue weighted by atomic mass is 9.60. The fourth-order valence-corrected chi connectivity index (χ4v) is 9.75. The van der Waals surface area contributed by atoms with Gasteiger partial charge in [-0.2, -0.15) is 0 Å². The Labute approximate surface area is 287 Å². The number of unbranched alkanes of at least 4 members (excludes halogenated alkanes) is 2. The molecule has 4 heterocycles. The van der Waals surface area contributed by atoms with E-state index in [0.29, 0.717) is 29.7 Å². The van der Waals surface area contributed by atoms with Crippen molar-refractivity contribution in [2.75, 3.05) is 19.7 Å². The molecule has 14 unspecified atom stereocenters. The first-order valence-electron chi connectivity index (χ1n) is 19.0. The Kier molecular flexibility index (Phi) is 13.2. The van der Waals surface area contributed by atoms with E-state index in [1.165, 1.54) is 6.42 Å². The molecule has 4 saturated heterocycles. The maximum absolute atomic E-state index is 13.6.